The number of rotatable bonds is 5. The van der Waals surface area contributed by atoms with Crippen molar-refractivity contribution in [2.24, 2.45) is 0 Å². The second kappa shape index (κ2) is 9.00. The zero-order chi connectivity index (χ0) is 21.1. The fourth-order valence-electron chi connectivity index (χ4n) is 4.58. The molecule has 0 saturated carbocycles. The van der Waals surface area contributed by atoms with Crippen LogP contribution in [0.2, 0.25) is 0 Å². The van der Waals surface area contributed by atoms with Gasteiger partial charge >= 0.3 is 0 Å². The van der Waals surface area contributed by atoms with Crippen molar-refractivity contribution in [3.63, 3.8) is 0 Å². The molecule has 7 nitrogen and oxygen atoms in total. The molecule has 0 N–H and O–H groups in total. The molecule has 1 atom stereocenters. The van der Waals surface area contributed by atoms with Crippen LogP contribution < -0.4 is 0 Å². The van der Waals surface area contributed by atoms with Crippen molar-refractivity contribution in [2.75, 3.05) is 32.7 Å². The summed E-state index contributed by atoms with van der Waals surface area (Å²) >= 11 is 0. The standard InChI is InChI=1S/C23H31N5O2/c1-18-15-19(2)28(24-18)17-22(29)26-11-6-10-25(13-14-26)21-9-12-27(23(21)30)16-20-7-4-3-5-8-20/h3-5,7-8,15,21H,6,9-14,16-17H2,1-2H3/t21-/m0/s1. The van der Waals surface area contributed by atoms with Crippen molar-refractivity contribution in [1.82, 2.24) is 24.5 Å². The van der Waals surface area contributed by atoms with E-state index in [1.807, 2.05) is 47.9 Å². The van der Waals surface area contributed by atoms with Crippen LogP contribution in [0.3, 0.4) is 0 Å². The zero-order valence-electron chi connectivity index (χ0n) is 18.0. The van der Waals surface area contributed by atoms with Crippen molar-refractivity contribution in [3.8, 4) is 0 Å². The number of carbonyl (C=O) groups excluding carboxylic acids is 2. The summed E-state index contributed by atoms with van der Waals surface area (Å²) in [5.74, 6) is 0.327. The average Bonchev–Trinajstić information content (AvgIpc) is 3.12. The Bertz CT molecular complexity index is 894. The summed E-state index contributed by atoms with van der Waals surface area (Å²) in [6, 6.07) is 12.1. The largest absolute Gasteiger partial charge is 0.340 e. The summed E-state index contributed by atoms with van der Waals surface area (Å²) in [7, 11) is 0. The quantitative estimate of drug-likeness (QED) is 0.756. The first kappa shape index (κ1) is 20.6. The van der Waals surface area contributed by atoms with E-state index in [1.54, 1.807) is 4.68 Å². The van der Waals surface area contributed by atoms with E-state index < -0.39 is 0 Å². The molecule has 30 heavy (non-hydrogen) atoms. The first-order valence-electron chi connectivity index (χ1n) is 10.9. The van der Waals surface area contributed by atoms with Gasteiger partial charge in [0.05, 0.1) is 11.7 Å². The highest BCUT2D eigenvalue weighted by Gasteiger charge is 2.36. The Balaban J connectivity index is 1.32. The third-order valence-corrected chi connectivity index (χ3v) is 6.20. The lowest BCUT2D eigenvalue weighted by Crippen LogP contribution is -2.44. The number of benzene rings is 1. The number of hydrogen-bond acceptors (Lipinski definition) is 4. The van der Waals surface area contributed by atoms with E-state index in [2.05, 4.69) is 22.1 Å². The molecule has 7 heteroatoms. The van der Waals surface area contributed by atoms with Gasteiger partial charge in [-0.15, -0.1) is 0 Å². The third-order valence-electron chi connectivity index (χ3n) is 6.20. The molecule has 0 radical (unpaired) electrons. The Labute approximate surface area is 178 Å². The summed E-state index contributed by atoms with van der Waals surface area (Å²) in [5, 5.41) is 4.41. The minimum Gasteiger partial charge on any atom is -0.340 e. The van der Waals surface area contributed by atoms with Crippen LogP contribution in [0, 0.1) is 13.8 Å². The molecule has 2 saturated heterocycles. The Morgan fingerprint density at radius 3 is 2.60 bits per heavy atom. The highest BCUT2D eigenvalue weighted by atomic mass is 16.2. The fraction of sp³-hybridized carbons (Fsp3) is 0.522. The van der Waals surface area contributed by atoms with Crippen molar-refractivity contribution < 1.29 is 9.59 Å². The summed E-state index contributed by atoms with van der Waals surface area (Å²) in [6.45, 7) is 8.70. The van der Waals surface area contributed by atoms with Gasteiger partial charge in [-0.25, -0.2) is 0 Å². The first-order chi connectivity index (χ1) is 14.5. The van der Waals surface area contributed by atoms with Crippen LogP contribution >= 0.6 is 0 Å². The van der Waals surface area contributed by atoms with Crippen LogP contribution in [0.15, 0.2) is 36.4 Å². The van der Waals surface area contributed by atoms with E-state index in [0.717, 1.165) is 50.4 Å². The molecule has 0 bridgehead atoms. The molecule has 4 rings (SSSR count). The second-order valence-electron chi connectivity index (χ2n) is 8.40. The minimum atomic E-state index is -0.0558. The normalized spacial score (nSPS) is 20.6. The summed E-state index contributed by atoms with van der Waals surface area (Å²) in [4.78, 5) is 32.0. The predicted octanol–water partition coefficient (Wildman–Crippen LogP) is 1.84. The lowest BCUT2D eigenvalue weighted by molar-refractivity contribution is -0.132. The Kier molecular flexibility index (Phi) is 6.18. The molecule has 2 fully saturated rings. The van der Waals surface area contributed by atoms with E-state index in [9.17, 15) is 9.59 Å². The molecule has 2 aliphatic rings. The molecule has 1 aromatic carbocycles. The highest BCUT2D eigenvalue weighted by molar-refractivity contribution is 5.84. The van der Waals surface area contributed by atoms with Gasteiger partial charge in [0.2, 0.25) is 11.8 Å². The van der Waals surface area contributed by atoms with E-state index in [4.69, 9.17) is 0 Å². The van der Waals surface area contributed by atoms with Crippen LogP contribution in [-0.4, -0.2) is 75.1 Å². The van der Waals surface area contributed by atoms with Crippen LogP contribution in [0.1, 0.15) is 29.8 Å². The number of aromatic nitrogens is 2. The topological polar surface area (TPSA) is 61.7 Å². The van der Waals surface area contributed by atoms with Gasteiger partial charge in [0.15, 0.2) is 0 Å². The van der Waals surface area contributed by atoms with Gasteiger partial charge < -0.3 is 9.80 Å². The number of nitrogens with zero attached hydrogens (tertiary/aromatic N) is 5. The van der Waals surface area contributed by atoms with Crippen LogP contribution in [-0.2, 0) is 22.7 Å². The maximum atomic E-state index is 13.0. The van der Waals surface area contributed by atoms with E-state index >= 15 is 0 Å². The van der Waals surface area contributed by atoms with Crippen LogP contribution in [0.25, 0.3) is 0 Å². The van der Waals surface area contributed by atoms with E-state index in [1.165, 1.54) is 5.56 Å². The van der Waals surface area contributed by atoms with Gasteiger partial charge in [0.25, 0.3) is 0 Å². The zero-order valence-corrected chi connectivity index (χ0v) is 18.0. The smallest absolute Gasteiger partial charge is 0.244 e. The monoisotopic (exact) mass is 409 g/mol. The molecule has 0 aliphatic carbocycles. The molecule has 2 amide bonds. The summed E-state index contributed by atoms with van der Waals surface area (Å²) < 4.78 is 1.78. The number of likely N-dealkylation sites (tertiary alicyclic amines) is 1. The van der Waals surface area contributed by atoms with Gasteiger partial charge in [-0.2, -0.15) is 5.10 Å². The predicted molar refractivity (Wildman–Crippen MR) is 115 cm³/mol. The molecule has 0 unspecified atom stereocenters. The number of carbonyl (C=O) groups is 2. The van der Waals surface area contributed by atoms with Gasteiger partial charge in [0.1, 0.15) is 6.54 Å². The maximum absolute atomic E-state index is 13.0. The van der Waals surface area contributed by atoms with Gasteiger partial charge in [0, 0.05) is 45.0 Å². The van der Waals surface area contributed by atoms with Crippen molar-refractivity contribution in [3.05, 3.63) is 53.3 Å². The molecule has 0 spiro atoms. The van der Waals surface area contributed by atoms with Gasteiger partial charge in [-0.3, -0.25) is 19.2 Å². The molecule has 3 heterocycles. The number of hydrogen-bond donors (Lipinski definition) is 0. The molecule has 160 valence electrons. The van der Waals surface area contributed by atoms with Gasteiger partial charge in [-0.1, -0.05) is 30.3 Å². The van der Waals surface area contributed by atoms with Crippen LogP contribution in [0.5, 0.6) is 0 Å². The van der Waals surface area contributed by atoms with E-state index in [-0.39, 0.29) is 24.4 Å². The molecule has 1 aromatic heterocycles. The summed E-state index contributed by atoms with van der Waals surface area (Å²) in [6.07, 6.45) is 1.76. The van der Waals surface area contributed by atoms with Gasteiger partial charge in [-0.05, 0) is 38.3 Å². The lowest BCUT2D eigenvalue weighted by Gasteiger charge is -2.26. The minimum absolute atomic E-state index is 0.0558. The first-order valence-corrected chi connectivity index (χ1v) is 10.9. The van der Waals surface area contributed by atoms with Crippen molar-refractivity contribution >= 4 is 11.8 Å². The lowest BCUT2D eigenvalue weighted by atomic mass is 10.2. The van der Waals surface area contributed by atoms with Crippen LogP contribution in [0.4, 0.5) is 0 Å². The average molecular weight is 410 g/mol. The molecular formula is C23H31N5O2. The Morgan fingerprint density at radius 2 is 1.87 bits per heavy atom. The fourth-order valence-corrected chi connectivity index (χ4v) is 4.58. The number of amides is 2. The third kappa shape index (κ3) is 4.56. The van der Waals surface area contributed by atoms with Crippen molar-refractivity contribution in [1.29, 1.82) is 0 Å². The summed E-state index contributed by atoms with van der Waals surface area (Å²) in [5.41, 5.74) is 3.11. The second-order valence-corrected chi connectivity index (χ2v) is 8.40. The van der Waals surface area contributed by atoms with Crippen molar-refractivity contribution in [2.45, 2.75) is 45.8 Å². The molecule has 2 aromatic rings. The Hall–Kier alpha value is -2.67. The highest BCUT2D eigenvalue weighted by Crippen LogP contribution is 2.21. The van der Waals surface area contributed by atoms with E-state index in [0.29, 0.717) is 13.1 Å². The SMILES string of the molecule is Cc1cc(C)n(CC(=O)N2CCCN([C@H]3CCN(Cc4ccccc4)C3=O)CC2)n1. The molecular weight excluding hydrogens is 378 g/mol. The maximum Gasteiger partial charge on any atom is 0.244 e. The molecule has 2 aliphatic heterocycles. The Morgan fingerprint density at radius 1 is 1.07 bits per heavy atom. The number of aryl methyl sites for hydroxylation is 2.